The Bertz CT molecular complexity index is 1160. The van der Waals surface area contributed by atoms with Crippen LogP contribution in [0.5, 0.6) is 0 Å². The van der Waals surface area contributed by atoms with Crippen molar-refractivity contribution in [1.82, 2.24) is 10.6 Å². The number of nitrogens with one attached hydrogen (secondary N) is 2. The van der Waals surface area contributed by atoms with Crippen molar-refractivity contribution in [3.8, 4) is 0 Å². The zero-order valence-corrected chi connectivity index (χ0v) is 21.1. The van der Waals surface area contributed by atoms with Gasteiger partial charge in [-0.3, -0.25) is 4.79 Å². The monoisotopic (exact) mass is 612 g/mol. The average Bonchev–Trinajstić information content (AvgIpc) is 2.78. The van der Waals surface area contributed by atoms with Crippen molar-refractivity contribution in [2.24, 2.45) is 0 Å². The van der Waals surface area contributed by atoms with E-state index < -0.39 is 65.3 Å². The molecule has 0 aromatic heterocycles. The highest BCUT2D eigenvalue weighted by molar-refractivity contribution is 6.48. The van der Waals surface area contributed by atoms with Crippen LogP contribution >= 0.6 is 46.4 Å². The molecule has 15 heteroatoms. The Kier molecular flexibility index (Phi) is 10.7. The van der Waals surface area contributed by atoms with E-state index in [4.69, 9.17) is 46.4 Å². The van der Waals surface area contributed by atoms with E-state index in [0.717, 1.165) is 30.3 Å². The van der Waals surface area contributed by atoms with Gasteiger partial charge in [0.25, 0.3) is 5.91 Å². The fourth-order valence-electron chi connectivity index (χ4n) is 2.97. The molecule has 1 amide bonds. The molecule has 0 aliphatic rings. The number of allylic oxidation sites excluding steroid dienone is 1. The molecular weight excluding hydrogens is 599 g/mol. The minimum Gasteiger partial charge on any atom is -0.341 e. The van der Waals surface area contributed by atoms with E-state index in [-0.39, 0.29) is 33.0 Å². The Morgan fingerprint density at radius 3 is 2.03 bits per heavy atom. The summed E-state index contributed by atoms with van der Waals surface area (Å²) < 4.78 is 92.6. The Morgan fingerprint density at radius 1 is 0.946 bits per heavy atom. The van der Waals surface area contributed by atoms with Gasteiger partial charge in [-0.2, -0.15) is 26.3 Å². The average molecular weight is 614 g/mol. The van der Waals surface area contributed by atoms with Crippen LogP contribution in [0.3, 0.4) is 0 Å². The van der Waals surface area contributed by atoms with Gasteiger partial charge in [0.15, 0.2) is 0 Å². The summed E-state index contributed by atoms with van der Waals surface area (Å²) in [5.41, 5.74) is -1.20. The van der Waals surface area contributed by atoms with E-state index in [0.29, 0.717) is 0 Å². The molecule has 4 nitrogen and oxygen atoms in total. The number of carbonyl (C=O) groups excluding carboxylic acids is 2. The molecule has 2 unspecified atom stereocenters. The molecule has 0 bridgehead atoms. The van der Waals surface area contributed by atoms with Crippen LogP contribution in [0.1, 0.15) is 27.4 Å². The Labute approximate surface area is 225 Å². The Hall–Kier alpha value is -2.05. The third-order valence-corrected chi connectivity index (χ3v) is 6.20. The van der Waals surface area contributed by atoms with Crippen molar-refractivity contribution < 1.29 is 40.3 Å². The molecule has 202 valence electrons. The van der Waals surface area contributed by atoms with Gasteiger partial charge in [-0.1, -0.05) is 52.5 Å². The van der Waals surface area contributed by atoms with Crippen molar-refractivity contribution in [3.05, 3.63) is 73.2 Å². The molecule has 2 N–H and O–H groups in total. The number of hydrogen-bond acceptors (Lipinski definition) is 3. The molecule has 37 heavy (non-hydrogen) atoms. The largest absolute Gasteiger partial charge is 0.401 e. The third kappa shape index (κ3) is 9.03. The molecule has 0 aliphatic heterocycles. The lowest BCUT2D eigenvalue weighted by atomic mass is 9.96. The number of carbonyl (C=O) groups is 2. The zero-order chi connectivity index (χ0) is 28.1. The van der Waals surface area contributed by atoms with E-state index >= 15 is 0 Å². The van der Waals surface area contributed by atoms with Crippen LogP contribution in [0.2, 0.25) is 20.1 Å². The fraction of sp³-hybridized carbons (Fsp3) is 0.273. The first-order valence-corrected chi connectivity index (χ1v) is 11.5. The quantitative estimate of drug-likeness (QED) is 0.176. The molecule has 0 spiro atoms. The molecule has 0 saturated carbocycles. The van der Waals surface area contributed by atoms with Gasteiger partial charge in [-0.15, -0.1) is 0 Å². The number of alkyl halides is 6. The first-order valence-electron chi connectivity index (χ1n) is 9.95. The van der Waals surface area contributed by atoms with E-state index in [1.807, 2.05) is 5.32 Å². The summed E-state index contributed by atoms with van der Waals surface area (Å²) in [4.78, 5) is 23.4. The molecule has 2 atom stereocenters. The highest BCUT2D eigenvalue weighted by atomic mass is 35.5. The normalized spacial score (nSPS) is 14.3. The number of rotatable bonds is 9. The van der Waals surface area contributed by atoms with Crippen LogP contribution in [0.4, 0.5) is 30.7 Å². The lowest BCUT2D eigenvalue weighted by molar-refractivity contribution is -0.139. The molecule has 2 aromatic rings. The van der Waals surface area contributed by atoms with Gasteiger partial charge in [0, 0.05) is 12.1 Å². The second kappa shape index (κ2) is 12.7. The maximum atomic E-state index is 14.9. The lowest BCUT2D eigenvalue weighted by Crippen LogP contribution is -2.45. The van der Waals surface area contributed by atoms with E-state index in [2.05, 4.69) is 5.32 Å². The molecule has 2 rings (SSSR count). The summed E-state index contributed by atoms with van der Waals surface area (Å²) in [6.45, 7) is -1.94. The molecule has 0 fully saturated rings. The third-order valence-electron chi connectivity index (χ3n) is 4.69. The van der Waals surface area contributed by atoms with Crippen molar-refractivity contribution in [3.63, 3.8) is 0 Å². The van der Waals surface area contributed by atoms with Gasteiger partial charge in [-0.25, -0.2) is 4.39 Å². The molecule has 0 heterocycles. The van der Waals surface area contributed by atoms with Gasteiger partial charge >= 0.3 is 12.4 Å². The van der Waals surface area contributed by atoms with Crippen molar-refractivity contribution in [2.75, 3.05) is 13.1 Å². The first-order chi connectivity index (χ1) is 17.0. The van der Waals surface area contributed by atoms with Crippen LogP contribution in [0.15, 0.2) is 36.4 Å². The number of aldehydes is 1. The zero-order valence-electron chi connectivity index (χ0n) is 18.1. The fourth-order valence-corrected chi connectivity index (χ4v) is 3.85. The standard InChI is InChI=1S/C22H15Cl4F7N2O2/c23-15-3-10(1-2-13(15)20(37)35-12(8-36)7-34-9-21(28,29)30)18(27)6-14(22(31,32)33)11-4-16(24)19(26)17(25)5-11/h1-6,8,12,14,34H,7,9H2,(H,35,37)/b18-6-. The molecule has 0 radical (unpaired) electrons. The first kappa shape index (κ1) is 31.2. The summed E-state index contributed by atoms with van der Waals surface area (Å²) >= 11 is 23.3. The number of amides is 1. The molecule has 0 aliphatic carbocycles. The van der Waals surface area contributed by atoms with Gasteiger partial charge in [0.1, 0.15) is 18.0 Å². The Morgan fingerprint density at radius 2 is 1.54 bits per heavy atom. The maximum Gasteiger partial charge on any atom is 0.401 e. The highest BCUT2D eigenvalue weighted by Gasteiger charge is 2.40. The van der Waals surface area contributed by atoms with Crippen molar-refractivity contribution in [1.29, 1.82) is 0 Å². The van der Waals surface area contributed by atoms with Gasteiger partial charge in [0.2, 0.25) is 0 Å². The predicted octanol–water partition coefficient (Wildman–Crippen LogP) is 7.41. The topological polar surface area (TPSA) is 58.2 Å². The summed E-state index contributed by atoms with van der Waals surface area (Å²) in [6, 6.07) is 3.24. The maximum absolute atomic E-state index is 14.9. The number of hydrogen-bond donors (Lipinski definition) is 2. The van der Waals surface area contributed by atoms with Gasteiger partial charge < -0.3 is 15.4 Å². The molecule has 2 aromatic carbocycles. The van der Waals surface area contributed by atoms with Gasteiger partial charge in [-0.05, 0) is 35.9 Å². The van der Waals surface area contributed by atoms with Crippen molar-refractivity contribution in [2.45, 2.75) is 24.3 Å². The smallest absolute Gasteiger partial charge is 0.341 e. The highest BCUT2D eigenvalue weighted by Crippen LogP contribution is 2.42. The number of halogens is 11. The predicted molar refractivity (Wildman–Crippen MR) is 127 cm³/mol. The minimum absolute atomic E-state index is 0.175. The summed E-state index contributed by atoms with van der Waals surface area (Å²) in [7, 11) is 0. The van der Waals surface area contributed by atoms with Crippen LogP contribution in [-0.2, 0) is 4.79 Å². The van der Waals surface area contributed by atoms with E-state index in [9.17, 15) is 40.3 Å². The minimum atomic E-state index is -4.95. The van der Waals surface area contributed by atoms with Crippen LogP contribution in [0.25, 0.3) is 5.83 Å². The van der Waals surface area contributed by atoms with E-state index in [1.165, 1.54) is 0 Å². The summed E-state index contributed by atoms with van der Waals surface area (Å²) in [5, 5.41) is 2.97. The number of benzene rings is 2. The van der Waals surface area contributed by atoms with Crippen molar-refractivity contribution >= 4 is 64.4 Å². The van der Waals surface area contributed by atoms with Crippen LogP contribution < -0.4 is 10.6 Å². The molecular formula is C22H15Cl4F7N2O2. The summed E-state index contributed by atoms with van der Waals surface area (Å²) in [5.74, 6) is -4.80. The van der Waals surface area contributed by atoms with Crippen LogP contribution in [-0.4, -0.2) is 43.7 Å². The Balaban J connectivity index is 2.27. The molecule has 0 saturated heterocycles. The second-order valence-corrected chi connectivity index (χ2v) is 9.09. The van der Waals surface area contributed by atoms with E-state index in [1.54, 1.807) is 0 Å². The summed E-state index contributed by atoms with van der Waals surface area (Å²) in [6.07, 6.45) is -9.04. The lowest BCUT2D eigenvalue weighted by Gasteiger charge is -2.19. The van der Waals surface area contributed by atoms with Crippen LogP contribution in [0, 0.1) is 0 Å². The van der Waals surface area contributed by atoms with Gasteiger partial charge in [0.05, 0.1) is 38.2 Å². The SMILES string of the molecule is O=CC(CNCC(F)(F)F)NC(=O)c1ccc(/C(F)=C/C(c2cc(Cl)c(Cl)c(Cl)c2)C(F)(F)F)cc1Cl. The second-order valence-electron chi connectivity index (χ2n) is 7.49.